The van der Waals surface area contributed by atoms with Gasteiger partial charge in [-0.3, -0.25) is 0 Å². The maximum absolute atomic E-state index is 0. The third-order valence-electron chi connectivity index (χ3n) is 0. The maximum atomic E-state index is 0. The van der Waals surface area contributed by atoms with Crippen LogP contribution < -0.4 is 0 Å². The molecule has 0 aromatic carbocycles. The molecule has 0 amide bonds. The normalized spacial score (nSPS) is 0. The molecule has 9 heteroatoms. The predicted molar refractivity (Wildman–Crippen MR) is 42.2 cm³/mol. The molecule has 0 unspecified atom stereocenters. The van der Waals surface area contributed by atoms with E-state index in [-0.39, 0.29) is 149 Å². The van der Waals surface area contributed by atoms with Gasteiger partial charge in [-0.05, 0) is 0 Å². The van der Waals surface area contributed by atoms with Crippen molar-refractivity contribution < 1.29 is 16.4 Å². The van der Waals surface area contributed by atoms with Gasteiger partial charge in [0.05, 0.1) is 0 Å². The van der Waals surface area contributed by atoms with Crippen molar-refractivity contribution in [3.63, 3.8) is 0 Å². The first-order valence-corrected chi connectivity index (χ1v) is 0. The molecule has 0 aromatic rings. The fourth-order valence-electron chi connectivity index (χ4n) is 0. The molecule has 0 aliphatic heterocycles. The van der Waals surface area contributed by atoms with Crippen LogP contribution in [0.4, 0.5) is 0 Å². The summed E-state index contributed by atoms with van der Waals surface area (Å²) in [5.41, 5.74) is 0. The third-order valence-corrected chi connectivity index (χ3v) is 0. The Balaban J connectivity index is 0. The molecule has 8 radical (unpaired) electrons. The zero-order chi connectivity index (χ0) is 0. The van der Waals surface area contributed by atoms with Crippen LogP contribution in [0.1, 0.15) is 0 Å². The van der Waals surface area contributed by atoms with Gasteiger partial charge in [0.2, 0.25) is 0 Å². The van der Waals surface area contributed by atoms with Crippen molar-refractivity contribution in [3.8, 4) is 0 Å². The summed E-state index contributed by atoms with van der Waals surface area (Å²) in [6.45, 7) is 0. The predicted octanol–water partition coefficient (Wildman–Crippen LogP) is -3.71. The van der Waals surface area contributed by atoms with E-state index in [0.29, 0.717) is 0 Å². The molecule has 0 aromatic heterocycles. The van der Waals surface area contributed by atoms with Crippen LogP contribution in [0.5, 0.6) is 0 Å². The quantitative estimate of drug-likeness (QED) is 0.391. The van der Waals surface area contributed by atoms with Crippen LogP contribution in [0.3, 0.4) is 0 Å². The van der Waals surface area contributed by atoms with E-state index < -0.39 is 0 Å². The Kier molecular flexibility index (Phi) is 1240. The molecule has 3 nitrogen and oxygen atoms in total. The van der Waals surface area contributed by atoms with E-state index in [9.17, 15) is 0 Å². The number of hydrogen-bond donors (Lipinski definition) is 0. The van der Waals surface area contributed by atoms with E-state index in [1.54, 1.807) is 0 Å². The molecule has 0 fully saturated rings. The Morgan fingerprint density at radius 2 is 0.444 bits per heavy atom. The largest absolute Gasteiger partial charge is 2.00 e. The van der Waals surface area contributed by atoms with Gasteiger partial charge in [0.15, 0.2) is 0 Å². The molecular formula is H4Al2Ca2O3Si2. The van der Waals surface area contributed by atoms with Gasteiger partial charge in [-0.1, -0.05) is 0 Å². The maximum Gasteiger partial charge on any atom is 0 e. The second-order valence-corrected chi connectivity index (χ2v) is 0. The molecule has 0 rings (SSSR count). The average molecular weight is 242 g/mol. The second-order valence-electron chi connectivity index (χ2n) is 0. The minimum atomic E-state index is 0. The zero-order valence-electron chi connectivity index (χ0n) is 3.38. The summed E-state index contributed by atoms with van der Waals surface area (Å²) in [7, 11) is 0. The summed E-state index contributed by atoms with van der Waals surface area (Å²) in [6.07, 6.45) is 0. The van der Waals surface area contributed by atoms with Crippen molar-refractivity contribution in [3.05, 3.63) is 0 Å². The second kappa shape index (κ2) is 93.0. The molecule has 40 valence electrons. The van der Waals surface area contributed by atoms with E-state index in [1.807, 2.05) is 0 Å². The van der Waals surface area contributed by atoms with Gasteiger partial charge >= 0.3 is 110 Å². The third kappa shape index (κ3) is 76.7. The smallest absolute Gasteiger partial charge is 0 e. The first kappa shape index (κ1) is 120. The van der Waals surface area contributed by atoms with E-state index in [1.165, 1.54) is 0 Å². The molecule has 0 N–H and O–H groups in total. The minimum absolute atomic E-state index is 0. The topological polar surface area (TPSA) is 85.5 Å². The summed E-state index contributed by atoms with van der Waals surface area (Å²) in [4.78, 5) is 0. The molecule has 0 aliphatic carbocycles. The Labute approximate surface area is 145 Å². The fourth-order valence-corrected chi connectivity index (χ4v) is 0. The Bertz CT molecular complexity index is 17.8. The monoisotopic (exact) mass is 242 g/mol. The molecule has 0 heterocycles. The van der Waals surface area contributed by atoms with Crippen LogP contribution in [0.25, 0.3) is 0 Å². The summed E-state index contributed by atoms with van der Waals surface area (Å²) < 4.78 is 0. The molecule has 0 saturated heterocycles. The van der Waals surface area contributed by atoms with Crippen molar-refractivity contribution in [1.82, 2.24) is 0 Å². The van der Waals surface area contributed by atoms with Gasteiger partial charge in [0.1, 0.15) is 0 Å². The number of rotatable bonds is 0. The van der Waals surface area contributed by atoms with Gasteiger partial charge in [0, 0.05) is 21.9 Å². The first-order chi connectivity index (χ1) is 0. The molecular weight excluding hydrogens is 238 g/mol. The van der Waals surface area contributed by atoms with E-state index in [4.69, 9.17) is 0 Å². The summed E-state index contributed by atoms with van der Waals surface area (Å²) >= 11 is 0. The molecule has 0 aliphatic rings. The van der Waals surface area contributed by atoms with Gasteiger partial charge < -0.3 is 16.4 Å². The van der Waals surface area contributed by atoms with Crippen LogP contribution in [0, 0.1) is 0 Å². The molecule has 9 heavy (non-hydrogen) atoms. The van der Waals surface area contributed by atoms with Crippen LogP contribution in [0.2, 0.25) is 0 Å². The van der Waals surface area contributed by atoms with Crippen molar-refractivity contribution in [1.29, 1.82) is 0 Å². The summed E-state index contributed by atoms with van der Waals surface area (Å²) in [5.74, 6) is 0. The van der Waals surface area contributed by atoms with Gasteiger partial charge in [-0.25, -0.2) is 0 Å². The standard InChI is InChI=1S/2Al.2Ca.3O.2Si.4H/q2*+3;;;3*-2;;;;;;. The van der Waals surface area contributed by atoms with E-state index in [2.05, 4.69) is 0 Å². The van der Waals surface area contributed by atoms with Crippen molar-refractivity contribution in [2.75, 3.05) is 0 Å². The molecule has 0 bridgehead atoms. The Morgan fingerprint density at radius 1 is 0.444 bits per heavy atom. The molecule has 0 saturated carbocycles. The van der Waals surface area contributed by atoms with E-state index >= 15 is 0 Å². The average Bonchev–Trinajstić information content (AvgIpc) is 0. The van der Waals surface area contributed by atoms with Gasteiger partial charge in [-0.15, -0.1) is 0 Å². The zero-order valence-corrected chi connectivity index (χ0v) is 7.69. The van der Waals surface area contributed by atoms with Crippen molar-refractivity contribution >= 4 is 132 Å². The van der Waals surface area contributed by atoms with Crippen LogP contribution in [0.15, 0.2) is 0 Å². The number of hydrogen-bond acceptors (Lipinski definition) is 0. The fraction of sp³-hybridized carbons (Fsp3) is 0. The first-order valence-electron chi connectivity index (χ1n) is 0. The van der Waals surface area contributed by atoms with Crippen molar-refractivity contribution in [2.24, 2.45) is 0 Å². The summed E-state index contributed by atoms with van der Waals surface area (Å²) in [6, 6.07) is 0. The van der Waals surface area contributed by atoms with Crippen LogP contribution in [-0.2, 0) is 16.4 Å². The van der Waals surface area contributed by atoms with Crippen LogP contribution >= 0.6 is 0 Å². The van der Waals surface area contributed by atoms with Crippen molar-refractivity contribution in [2.45, 2.75) is 0 Å². The molecule has 0 spiro atoms. The van der Waals surface area contributed by atoms with Gasteiger partial charge in [-0.2, -0.15) is 0 Å². The van der Waals surface area contributed by atoms with Gasteiger partial charge in [0.25, 0.3) is 0 Å². The van der Waals surface area contributed by atoms with E-state index in [0.717, 1.165) is 0 Å². The Hall–Kier alpha value is 3.90. The molecule has 0 atom stereocenters. The minimum Gasteiger partial charge on any atom is -2.00 e. The Morgan fingerprint density at radius 3 is 0.444 bits per heavy atom. The van der Waals surface area contributed by atoms with Crippen LogP contribution in [-0.4, -0.2) is 132 Å². The SMILES string of the molecule is [Al+3].[Al+3].[CaH2].[CaH2].[O-2].[O-2].[O-2].[Si].[Si]. The summed E-state index contributed by atoms with van der Waals surface area (Å²) in [5, 5.41) is 0.